The third-order valence-corrected chi connectivity index (χ3v) is 3.91. The SMILES string of the molecule is Cc1cc(Nc2nccc(C(F)F)n2)cc(-c2cn(CC(C)(O)CO)nn2)c1. The van der Waals surface area contributed by atoms with Gasteiger partial charge in [-0.15, -0.1) is 5.10 Å². The van der Waals surface area contributed by atoms with Crippen molar-refractivity contribution in [1.29, 1.82) is 0 Å². The van der Waals surface area contributed by atoms with Crippen molar-refractivity contribution in [2.75, 3.05) is 11.9 Å². The van der Waals surface area contributed by atoms with Crippen LogP contribution in [0.3, 0.4) is 0 Å². The Morgan fingerprint density at radius 2 is 2.07 bits per heavy atom. The molecule has 0 saturated carbocycles. The average Bonchev–Trinajstić information content (AvgIpc) is 3.09. The van der Waals surface area contributed by atoms with E-state index in [1.54, 1.807) is 12.3 Å². The number of hydrogen-bond donors (Lipinski definition) is 3. The van der Waals surface area contributed by atoms with Gasteiger partial charge in [-0.2, -0.15) is 0 Å². The normalized spacial score (nSPS) is 13.5. The maximum Gasteiger partial charge on any atom is 0.280 e. The van der Waals surface area contributed by atoms with Gasteiger partial charge in [-0.1, -0.05) is 5.21 Å². The molecule has 0 aliphatic heterocycles. The van der Waals surface area contributed by atoms with Crippen LogP contribution >= 0.6 is 0 Å². The molecular weight excluding hydrogens is 370 g/mol. The Morgan fingerprint density at radius 3 is 2.79 bits per heavy atom. The highest BCUT2D eigenvalue weighted by atomic mass is 19.3. The second-order valence-electron chi connectivity index (χ2n) is 6.77. The number of aromatic nitrogens is 5. The molecule has 10 heteroatoms. The van der Waals surface area contributed by atoms with Crippen LogP contribution in [-0.4, -0.2) is 47.4 Å². The molecule has 148 valence electrons. The molecule has 1 atom stereocenters. The van der Waals surface area contributed by atoms with Gasteiger partial charge in [0, 0.05) is 17.4 Å². The van der Waals surface area contributed by atoms with Crippen molar-refractivity contribution in [3.05, 3.63) is 47.9 Å². The van der Waals surface area contributed by atoms with Gasteiger partial charge in [-0.05, 0) is 43.7 Å². The molecule has 0 radical (unpaired) electrons. The highest BCUT2D eigenvalue weighted by Gasteiger charge is 2.21. The van der Waals surface area contributed by atoms with E-state index in [-0.39, 0.29) is 18.2 Å². The van der Waals surface area contributed by atoms with E-state index in [0.29, 0.717) is 11.4 Å². The quantitative estimate of drug-likeness (QED) is 0.569. The van der Waals surface area contributed by atoms with Crippen LogP contribution in [0.25, 0.3) is 11.3 Å². The number of anilines is 2. The van der Waals surface area contributed by atoms with Crippen LogP contribution in [0.5, 0.6) is 0 Å². The van der Waals surface area contributed by atoms with Crippen LogP contribution in [0, 0.1) is 6.92 Å². The van der Waals surface area contributed by atoms with Crippen LogP contribution in [-0.2, 0) is 6.54 Å². The first-order valence-electron chi connectivity index (χ1n) is 8.49. The lowest BCUT2D eigenvalue weighted by Gasteiger charge is -2.19. The van der Waals surface area contributed by atoms with E-state index in [2.05, 4.69) is 25.6 Å². The number of halogens is 2. The molecule has 0 amide bonds. The summed E-state index contributed by atoms with van der Waals surface area (Å²) in [6, 6.07) is 6.64. The first kappa shape index (κ1) is 19.8. The smallest absolute Gasteiger partial charge is 0.280 e. The van der Waals surface area contributed by atoms with Gasteiger partial charge in [0.2, 0.25) is 5.95 Å². The molecule has 3 rings (SSSR count). The average molecular weight is 390 g/mol. The minimum absolute atomic E-state index is 0.0667. The summed E-state index contributed by atoms with van der Waals surface area (Å²) < 4.78 is 27.1. The first-order valence-corrected chi connectivity index (χ1v) is 8.49. The van der Waals surface area contributed by atoms with Gasteiger partial charge in [0.25, 0.3) is 6.43 Å². The number of aryl methyl sites for hydroxylation is 1. The Kier molecular flexibility index (Phi) is 5.61. The van der Waals surface area contributed by atoms with Crippen molar-refractivity contribution in [1.82, 2.24) is 25.0 Å². The third-order valence-electron chi connectivity index (χ3n) is 3.91. The van der Waals surface area contributed by atoms with Crippen molar-refractivity contribution >= 4 is 11.6 Å². The highest BCUT2D eigenvalue weighted by Crippen LogP contribution is 2.25. The number of rotatable bonds is 7. The number of hydrogen-bond acceptors (Lipinski definition) is 7. The number of nitrogens with one attached hydrogen (secondary N) is 1. The zero-order chi connectivity index (χ0) is 20.3. The summed E-state index contributed by atoms with van der Waals surface area (Å²) in [6.45, 7) is 3.06. The fourth-order valence-electron chi connectivity index (χ4n) is 2.59. The Morgan fingerprint density at radius 1 is 1.29 bits per heavy atom. The van der Waals surface area contributed by atoms with Crippen molar-refractivity contribution in [2.24, 2.45) is 0 Å². The molecule has 2 aromatic heterocycles. The molecule has 3 N–H and O–H groups in total. The van der Waals surface area contributed by atoms with E-state index < -0.39 is 18.6 Å². The molecule has 0 aliphatic rings. The lowest BCUT2D eigenvalue weighted by Crippen LogP contribution is -2.34. The fraction of sp³-hybridized carbons (Fsp3) is 0.333. The summed E-state index contributed by atoms with van der Waals surface area (Å²) in [5.74, 6) is 0.0667. The Bertz CT molecular complexity index is 961. The lowest BCUT2D eigenvalue weighted by molar-refractivity contribution is -0.0149. The van der Waals surface area contributed by atoms with E-state index in [0.717, 1.165) is 17.2 Å². The van der Waals surface area contributed by atoms with Crippen molar-refractivity contribution in [2.45, 2.75) is 32.4 Å². The summed E-state index contributed by atoms with van der Waals surface area (Å²) in [7, 11) is 0. The Hall–Kier alpha value is -2.98. The molecule has 0 bridgehead atoms. The predicted molar refractivity (Wildman–Crippen MR) is 98.2 cm³/mol. The molecule has 0 fully saturated rings. The zero-order valence-corrected chi connectivity index (χ0v) is 15.3. The Balaban J connectivity index is 1.84. The maximum absolute atomic E-state index is 12.8. The molecule has 3 aromatic rings. The summed E-state index contributed by atoms with van der Waals surface area (Å²) in [5.41, 5.74) is 1.15. The zero-order valence-electron chi connectivity index (χ0n) is 15.3. The molecule has 0 saturated heterocycles. The van der Waals surface area contributed by atoms with Crippen LogP contribution < -0.4 is 5.32 Å². The number of alkyl halides is 2. The minimum atomic E-state index is -2.68. The number of aliphatic hydroxyl groups excluding tert-OH is 1. The van der Waals surface area contributed by atoms with Crippen LogP contribution in [0.4, 0.5) is 20.4 Å². The van der Waals surface area contributed by atoms with Gasteiger partial charge in [0.15, 0.2) is 0 Å². The van der Waals surface area contributed by atoms with E-state index in [9.17, 15) is 13.9 Å². The molecule has 8 nitrogen and oxygen atoms in total. The number of benzene rings is 1. The second-order valence-corrected chi connectivity index (χ2v) is 6.77. The fourth-order valence-corrected chi connectivity index (χ4v) is 2.59. The van der Waals surface area contributed by atoms with Gasteiger partial charge < -0.3 is 15.5 Å². The number of nitrogens with zero attached hydrogens (tertiary/aromatic N) is 5. The van der Waals surface area contributed by atoms with E-state index >= 15 is 0 Å². The van der Waals surface area contributed by atoms with E-state index in [1.807, 2.05) is 19.1 Å². The van der Waals surface area contributed by atoms with E-state index in [4.69, 9.17) is 5.11 Å². The van der Waals surface area contributed by atoms with Gasteiger partial charge in [-0.3, -0.25) is 0 Å². The third kappa shape index (κ3) is 4.84. The summed E-state index contributed by atoms with van der Waals surface area (Å²) in [5, 5.41) is 30.1. The molecule has 28 heavy (non-hydrogen) atoms. The topological polar surface area (TPSA) is 109 Å². The van der Waals surface area contributed by atoms with Crippen molar-refractivity contribution in [3.8, 4) is 11.3 Å². The van der Waals surface area contributed by atoms with Gasteiger partial charge in [0.1, 0.15) is 17.0 Å². The Labute approximate surface area is 159 Å². The minimum Gasteiger partial charge on any atom is -0.393 e. The number of aliphatic hydroxyl groups is 2. The van der Waals surface area contributed by atoms with Crippen molar-refractivity contribution in [3.63, 3.8) is 0 Å². The molecule has 2 heterocycles. The summed E-state index contributed by atoms with van der Waals surface area (Å²) in [6.07, 6.45) is 0.241. The van der Waals surface area contributed by atoms with Crippen LogP contribution in [0.15, 0.2) is 36.7 Å². The largest absolute Gasteiger partial charge is 0.393 e. The van der Waals surface area contributed by atoms with Crippen LogP contribution in [0.2, 0.25) is 0 Å². The molecule has 1 aromatic carbocycles. The molecular formula is C18H20F2N6O2. The van der Waals surface area contributed by atoms with Crippen molar-refractivity contribution < 1.29 is 19.0 Å². The van der Waals surface area contributed by atoms with Gasteiger partial charge in [-0.25, -0.2) is 23.4 Å². The summed E-state index contributed by atoms with van der Waals surface area (Å²) >= 11 is 0. The predicted octanol–water partition coefficient (Wildman–Crippen LogP) is 2.47. The van der Waals surface area contributed by atoms with Gasteiger partial charge in [0.05, 0.1) is 19.3 Å². The monoisotopic (exact) mass is 390 g/mol. The highest BCUT2D eigenvalue weighted by molar-refractivity contribution is 5.68. The van der Waals surface area contributed by atoms with Crippen LogP contribution in [0.1, 0.15) is 24.6 Å². The standard InChI is InChI=1S/C18H20F2N6O2/c1-11-5-12(15-8-26(25-24-15)9-18(2,28)10-27)7-13(6-11)22-17-21-4-3-14(23-17)16(19)20/h3-8,16,27-28H,9-10H2,1-2H3,(H,21,22,23). The first-order chi connectivity index (χ1) is 13.3. The lowest BCUT2D eigenvalue weighted by atomic mass is 10.1. The maximum atomic E-state index is 12.8. The summed E-state index contributed by atoms with van der Waals surface area (Å²) in [4.78, 5) is 7.76. The molecule has 1 unspecified atom stereocenters. The van der Waals surface area contributed by atoms with Gasteiger partial charge >= 0.3 is 0 Å². The second kappa shape index (κ2) is 7.95. The van der Waals surface area contributed by atoms with E-state index in [1.165, 1.54) is 17.8 Å². The molecule has 0 spiro atoms. The molecule has 0 aliphatic carbocycles.